The first kappa shape index (κ1) is 14.7. The van der Waals surface area contributed by atoms with Gasteiger partial charge in [-0.3, -0.25) is 4.79 Å². The van der Waals surface area contributed by atoms with Crippen molar-refractivity contribution in [2.45, 2.75) is 31.7 Å². The van der Waals surface area contributed by atoms with E-state index < -0.39 is 0 Å². The van der Waals surface area contributed by atoms with Crippen molar-refractivity contribution in [3.8, 4) is 0 Å². The zero-order valence-electron chi connectivity index (χ0n) is 12.4. The lowest BCUT2D eigenvalue weighted by Crippen LogP contribution is -2.24. The quantitative estimate of drug-likeness (QED) is 0.840. The molecule has 6 nitrogen and oxygen atoms in total. The van der Waals surface area contributed by atoms with Crippen molar-refractivity contribution < 1.29 is 9.32 Å². The van der Waals surface area contributed by atoms with E-state index in [1.54, 1.807) is 0 Å². The number of carbonyl (C=O) groups is 1. The minimum atomic E-state index is -0.280. The molecule has 1 aliphatic heterocycles. The van der Waals surface area contributed by atoms with Crippen LogP contribution in [0.25, 0.3) is 0 Å². The Balaban J connectivity index is 1.50. The molecule has 116 valence electrons. The summed E-state index contributed by atoms with van der Waals surface area (Å²) in [6, 6.07) is 10.3. The lowest BCUT2D eigenvalue weighted by atomic mass is 10.1. The first-order chi connectivity index (χ1) is 10.7. The van der Waals surface area contributed by atoms with E-state index in [4.69, 9.17) is 10.3 Å². The SMILES string of the molecule is NC(=O)[C@@H]1CNC(c2nc(CCCc3ccccc3)no2)C1. The van der Waals surface area contributed by atoms with Gasteiger partial charge in [-0.05, 0) is 24.8 Å². The van der Waals surface area contributed by atoms with E-state index in [1.165, 1.54) is 5.56 Å². The van der Waals surface area contributed by atoms with E-state index in [1.807, 2.05) is 18.2 Å². The largest absolute Gasteiger partial charge is 0.369 e. The van der Waals surface area contributed by atoms with Gasteiger partial charge in [-0.25, -0.2) is 0 Å². The van der Waals surface area contributed by atoms with Crippen molar-refractivity contribution in [2.24, 2.45) is 11.7 Å². The predicted molar refractivity (Wildman–Crippen MR) is 80.8 cm³/mol. The molecule has 1 aromatic heterocycles. The molecule has 1 saturated heterocycles. The minimum absolute atomic E-state index is 0.0622. The maximum Gasteiger partial charge on any atom is 0.243 e. The summed E-state index contributed by atoms with van der Waals surface area (Å²) in [4.78, 5) is 15.6. The zero-order chi connectivity index (χ0) is 15.4. The third kappa shape index (κ3) is 3.51. The average Bonchev–Trinajstić information content (AvgIpc) is 3.17. The van der Waals surface area contributed by atoms with Gasteiger partial charge >= 0.3 is 0 Å². The van der Waals surface area contributed by atoms with Crippen LogP contribution in [0.15, 0.2) is 34.9 Å². The fourth-order valence-electron chi connectivity index (χ4n) is 2.75. The smallest absolute Gasteiger partial charge is 0.243 e. The molecule has 1 aliphatic rings. The Morgan fingerprint density at radius 3 is 2.86 bits per heavy atom. The number of carbonyl (C=O) groups excluding carboxylic acids is 1. The van der Waals surface area contributed by atoms with Crippen molar-refractivity contribution in [3.05, 3.63) is 47.6 Å². The Hall–Kier alpha value is -2.21. The number of amides is 1. The fraction of sp³-hybridized carbons (Fsp3) is 0.438. The van der Waals surface area contributed by atoms with E-state index in [0.717, 1.165) is 25.1 Å². The van der Waals surface area contributed by atoms with Crippen molar-refractivity contribution >= 4 is 5.91 Å². The monoisotopic (exact) mass is 300 g/mol. The number of hydrogen-bond acceptors (Lipinski definition) is 5. The number of hydrogen-bond donors (Lipinski definition) is 2. The first-order valence-electron chi connectivity index (χ1n) is 7.61. The predicted octanol–water partition coefficient (Wildman–Crippen LogP) is 1.38. The molecule has 1 amide bonds. The van der Waals surface area contributed by atoms with E-state index in [2.05, 4.69) is 27.6 Å². The Bertz CT molecular complexity index is 626. The molecule has 0 radical (unpaired) electrons. The van der Waals surface area contributed by atoms with E-state index in [0.29, 0.717) is 18.9 Å². The molecule has 1 aromatic carbocycles. The lowest BCUT2D eigenvalue weighted by Gasteiger charge is -2.02. The molecule has 0 saturated carbocycles. The van der Waals surface area contributed by atoms with Crippen LogP contribution >= 0.6 is 0 Å². The maximum absolute atomic E-state index is 11.2. The number of aryl methyl sites for hydroxylation is 2. The van der Waals surface area contributed by atoms with Gasteiger partial charge in [0.15, 0.2) is 5.82 Å². The van der Waals surface area contributed by atoms with Crippen LogP contribution in [0, 0.1) is 5.92 Å². The molecule has 0 aliphatic carbocycles. The number of primary amides is 1. The molecule has 1 fully saturated rings. The third-order valence-electron chi connectivity index (χ3n) is 4.02. The van der Waals surface area contributed by atoms with Crippen LogP contribution in [-0.2, 0) is 17.6 Å². The molecule has 6 heteroatoms. The number of nitrogens with two attached hydrogens (primary N) is 1. The molecule has 0 spiro atoms. The number of nitrogens with one attached hydrogen (secondary N) is 1. The Labute approximate surface area is 129 Å². The third-order valence-corrected chi connectivity index (χ3v) is 4.02. The second-order valence-electron chi connectivity index (χ2n) is 5.68. The summed E-state index contributed by atoms with van der Waals surface area (Å²) in [6.45, 7) is 0.575. The number of aromatic nitrogens is 2. The summed E-state index contributed by atoms with van der Waals surface area (Å²) in [5.74, 6) is 0.838. The van der Waals surface area contributed by atoms with Crippen LogP contribution in [0.2, 0.25) is 0 Å². The molecule has 0 bridgehead atoms. The van der Waals surface area contributed by atoms with Crippen molar-refractivity contribution in [1.29, 1.82) is 0 Å². The van der Waals surface area contributed by atoms with Gasteiger partial charge in [0.05, 0.1) is 12.0 Å². The van der Waals surface area contributed by atoms with Crippen molar-refractivity contribution in [1.82, 2.24) is 15.5 Å². The van der Waals surface area contributed by atoms with Crippen LogP contribution in [0.3, 0.4) is 0 Å². The summed E-state index contributed by atoms with van der Waals surface area (Å²) < 4.78 is 5.30. The van der Waals surface area contributed by atoms with Crippen LogP contribution in [0.1, 0.15) is 36.2 Å². The van der Waals surface area contributed by atoms with Gasteiger partial charge in [-0.2, -0.15) is 4.98 Å². The fourth-order valence-corrected chi connectivity index (χ4v) is 2.75. The van der Waals surface area contributed by atoms with Gasteiger partial charge in [0.1, 0.15) is 0 Å². The molecule has 3 N–H and O–H groups in total. The summed E-state index contributed by atoms with van der Waals surface area (Å²) in [6.07, 6.45) is 3.38. The molecule has 1 unspecified atom stereocenters. The molecule has 22 heavy (non-hydrogen) atoms. The highest BCUT2D eigenvalue weighted by atomic mass is 16.5. The van der Waals surface area contributed by atoms with Gasteiger partial charge in [-0.1, -0.05) is 35.5 Å². The van der Waals surface area contributed by atoms with Crippen LogP contribution in [-0.4, -0.2) is 22.6 Å². The standard InChI is InChI=1S/C16H20N4O2/c17-15(21)12-9-13(18-10-12)16-19-14(20-22-16)8-4-7-11-5-2-1-3-6-11/h1-3,5-6,12-13,18H,4,7-10H2,(H2,17,21)/t12-,13?/m0/s1. The van der Waals surface area contributed by atoms with Crippen molar-refractivity contribution in [3.63, 3.8) is 0 Å². The molecular formula is C16H20N4O2. The number of rotatable bonds is 6. The number of nitrogens with zero attached hydrogens (tertiary/aromatic N) is 2. The second-order valence-corrected chi connectivity index (χ2v) is 5.68. The summed E-state index contributed by atoms with van der Waals surface area (Å²) >= 11 is 0. The topological polar surface area (TPSA) is 94.0 Å². The summed E-state index contributed by atoms with van der Waals surface area (Å²) in [7, 11) is 0. The Morgan fingerprint density at radius 2 is 2.14 bits per heavy atom. The Morgan fingerprint density at radius 1 is 1.32 bits per heavy atom. The van der Waals surface area contributed by atoms with E-state index in [9.17, 15) is 4.79 Å². The summed E-state index contributed by atoms with van der Waals surface area (Å²) in [5.41, 5.74) is 6.63. The molecule has 2 aromatic rings. The van der Waals surface area contributed by atoms with Crippen LogP contribution in [0.5, 0.6) is 0 Å². The lowest BCUT2D eigenvalue weighted by molar-refractivity contribution is -0.121. The van der Waals surface area contributed by atoms with Gasteiger partial charge < -0.3 is 15.6 Å². The van der Waals surface area contributed by atoms with Gasteiger partial charge in [0.25, 0.3) is 0 Å². The van der Waals surface area contributed by atoms with Gasteiger partial charge in [0, 0.05) is 13.0 Å². The highest BCUT2D eigenvalue weighted by Crippen LogP contribution is 2.25. The van der Waals surface area contributed by atoms with Gasteiger partial charge in [0.2, 0.25) is 11.8 Å². The van der Waals surface area contributed by atoms with E-state index >= 15 is 0 Å². The first-order valence-corrected chi connectivity index (χ1v) is 7.61. The maximum atomic E-state index is 11.2. The van der Waals surface area contributed by atoms with Crippen molar-refractivity contribution in [2.75, 3.05) is 6.54 Å². The number of benzene rings is 1. The normalized spacial score (nSPS) is 21.1. The molecule has 2 heterocycles. The molecule has 2 atom stereocenters. The average molecular weight is 300 g/mol. The minimum Gasteiger partial charge on any atom is -0.369 e. The second kappa shape index (κ2) is 6.70. The van der Waals surface area contributed by atoms with Gasteiger partial charge in [-0.15, -0.1) is 0 Å². The van der Waals surface area contributed by atoms with E-state index in [-0.39, 0.29) is 17.9 Å². The Kier molecular flexibility index (Phi) is 4.48. The zero-order valence-corrected chi connectivity index (χ0v) is 12.4. The van der Waals surface area contributed by atoms with Crippen LogP contribution < -0.4 is 11.1 Å². The summed E-state index contributed by atoms with van der Waals surface area (Å²) in [5, 5.41) is 7.22. The highest BCUT2D eigenvalue weighted by molar-refractivity contribution is 5.77. The molecule has 3 rings (SSSR count). The highest BCUT2D eigenvalue weighted by Gasteiger charge is 2.32. The van der Waals surface area contributed by atoms with Crippen LogP contribution in [0.4, 0.5) is 0 Å². The molecular weight excluding hydrogens is 280 g/mol.